The largest absolute Gasteiger partial charge is 0.381 e. The van der Waals surface area contributed by atoms with Gasteiger partial charge in [-0.3, -0.25) is 0 Å². The number of anilines is 1. The van der Waals surface area contributed by atoms with E-state index in [0.717, 1.165) is 26.1 Å². The summed E-state index contributed by atoms with van der Waals surface area (Å²) < 4.78 is 10.0. The van der Waals surface area contributed by atoms with Crippen LogP contribution < -0.4 is 5.73 Å². The van der Waals surface area contributed by atoms with Crippen molar-refractivity contribution in [2.45, 2.75) is 19.3 Å². The minimum atomic E-state index is 0.145. The number of nitrogen functional groups attached to an aromatic ring is 1. The number of nitrogens with zero attached hydrogens (tertiary/aromatic N) is 2. The van der Waals surface area contributed by atoms with Gasteiger partial charge in [0.15, 0.2) is 5.82 Å². The van der Waals surface area contributed by atoms with Crippen molar-refractivity contribution in [1.82, 2.24) is 10.1 Å². The maximum atomic E-state index is 5.34. The highest BCUT2D eigenvalue weighted by atomic mass is 16.5. The summed E-state index contributed by atoms with van der Waals surface area (Å²) in [5, 5.41) is 3.74. The smallest absolute Gasteiger partial charge is 0.318 e. The van der Waals surface area contributed by atoms with Crippen LogP contribution in [-0.4, -0.2) is 23.4 Å². The van der Waals surface area contributed by atoms with E-state index in [2.05, 4.69) is 14.7 Å². The molecule has 1 saturated heterocycles. The van der Waals surface area contributed by atoms with E-state index in [9.17, 15) is 0 Å². The van der Waals surface area contributed by atoms with E-state index in [0.29, 0.717) is 11.7 Å². The predicted molar refractivity (Wildman–Crippen MR) is 46.0 cm³/mol. The van der Waals surface area contributed by atoms with E-state index in [-0.39, 0.29) is 6.01 Å². The van der Waals surface area contributed by atoms with Gasteiger partial charge in [-0.2, -0.15) is 4.98 Å². The van der Waals surface area contributed by atoms with Gasteiger partial charge in [0.1, 0.15) is 0 Å². The third-order valence-electron chi connectivity index (χ3n) is 2.21. The van der Waals surface area contributed by atoms with Crippen LogP contribution >= 0.6 is 0 Å². The molecule has 0 spiro atoms. The van der Waals surface area contributed by atoms with Crippen molar-refractivity contribution < 1.29 is 9.26 Å². The molecule has 1 aliphatic heterocycles. The van der Waals surface area contributed by atoms with Crippen LogP contribution in [0.5, 0.6) is 0 Å². The van der Waals surface area contributed by atoms with Crippen molar-refractivity contribution >= 4 is 6.01 Å². The molecule has 2 rings (SSSR count). The fourth-order valence-corrected chi connectivity index (χ4v) is 1.58. The van der Waals surface area contributed by atoms with Crippen molar-refractivity contribution in [3.8, 4) is 0 Å². The van der Waals surface area contributed by atoms with Gasteiger partial charge in [0.25, 0.3) is 0 Å². The molecular formula is C8H13N3O2. The summed E-state index contributed by atoms with van der Waals surface area (Å²) in [6.07, 6.45) is 3.10. The normalized spacial score (nSPS) is 23.2. The van der Waals surface area contributed by atoms with Gasteiger partial charge in [-0.15, -0.1) is 0 Å². The van der Waals surface area contributed by atoms with Crippen LogP contribution in [-0.2, 0) is 11.2 Å². The Labute approximate surface area is 76.3 Å². The van der Waals surface area contributed by atoms with Crippen LogP contribution in [0.2, 0.25) is 0 Å². The third kappa shape index (κ3) is 2.18. The lowest BCUT2D eigenvalue weighted by Gasteiger charge is -2.20. The van der Waals surface area contributed by atoms with Gasteiger partial charge >= 0.3 is 6.01 Å². The molecule has 2 N–H and O–H groups in total. The zero-order valence-corrected chi connectivity index (χ0v) is 7.40. The summed E-state index contributed by atoms with van der Waals surface area (Å²) >= 11 is 0. The summed E-state index contributed by atoms with van der Waals surface area (Å²) in [6, 6.07) is 0.145. The zero-order valence-electron chi connectivity index (χ0n) is 7.40. The third-order valence-corrected chi connectivity index (χ3v) is 2.21. The first kappa shape index (κ1) is 8.50. The summed E-state index contributed by atoms with van der Waals surface area (Å²) in [6.45, 7) is 1.68. The average molecular weight is 183 g/mol. The van der Waals surface area contributed by atoms with Crippen molar-refractivity contribution in [3.05, 3.63) is 5.82 Å². The Morgan fingerprint density at radius 3 is 3.08 bits per heavy atom. The summed E-state index contributed by atoms with van der Waals surface area (Å²) in [5.41, 5.74) is 5.31. The van der Waals surface area contributed by atoms with Crippen molar-refractivity contribution in [3.63, 3.8) is 0 Å². The number of aromatic nitrogens is 2. The van der Waals surface area contributed by atoms with Gasteiger partial charge in [-0.1, -0.05) is 5.16 Å². The lowest BCUT2D eigenvalue weighted by Crippen LogP contribution is -2.19. The van der Waals surface area contributed by atoms with E-state index in [1.54, 1.807) is 0 Å². The molecule has 0 radical (unpaired) electrons. The Kier molecular flexibility index (Phi) is 2.44. The molecule has 0 aromatic carbocycles. The van der Waals surface area contributed by atoms with Crippen LogP contribution in [0.25, 0.3) is 0 Å². The van der Waals surface area contributed by atoms with Gasteiger partial charge in [0.05, 0.1) is 0 Å². The SMILES string of the molecule is Nc1nc(CC2CCCOC2)no1. The Bertz CT molecular complexity index is 268. The molecule has 1 atom stereocenters. The van der Waals surface area contributed by atoms with E-state index >= 15 is 0 Å². The number of rotatable bonds is 2. The molecule has 13 heavy (non-hydrogen) atoms. The average Bonchev–Trinajstić information content (AvgIpc) is 2.53. The van der Waals surface area contributed by atoms with E-state index in [1.165, 1.54) is 6.42 Å². The summed E-state index contributed by atoms with van der Waals surface area (Å²) in [7, 11) is 0. The van der Waals surface area contributed by atoms with E-state index < -0.39 is 0 Å². The summed E-state index contributed by atoms with van der Waals surface area (Å²) in [5.74, 6) is 1.21. The molecule has 0 amide bonds. The molecule has 5 nitrogen and oxygen atoms in total. The van der Waals surface area contributed by atoms with Crippen LogP contribution in [0, 0.1) is 5.92 Å². The Morgan fingerprint density at radius 2 is 2.46 bits per heavy atom. The first-order chi connectivity index (χ1) is 6.34. The summed E-state index contributed by atoms with van der Waals surface area (Å²) in [4.78, 5) is 3.95. The Morgan fingerprint density at radius 1 is 1.54 bits per heavy atom. The first-order valence-electron chi connectivity index (χ1n) is 4.50. The minimum Gasteiger partial charge on any atom is -0.381 e. The lowest BCUT2D eigenvalue weighted by molar-refractivity contribution is 0.0541. The molecule has 1 unspecified atom stereocenters. The Hall–Kier alpha value is -1.10. The van der Waals surface area contributed by atoms with Crippen LogP contribution in [0.1, 0.15) is 18.7 Å². The molecule has 0 bridgehead atoms. The molecule has 1 aliphatic rings. The fraction of sp³-hybridized carbons (Fsp3) is 0.750. The second-order valence-corrected chi connectivity index (χ2v) is 3.34. The standard InChI is InChI=1S/C8H13N3O2/c9-8-10-7(11-13-8)4-6-2-1-3-12-5-6/h6H,1-5H2,(H2,9,10,11). The monoisotopic (exact) mass is 183 g/mol. The molecule has 72 valence electrons. The Balaban J connectivity index is 1.89. The van der Waals surface area contributed by atoms with Crippen LogP contribution in [0.4, 0.5) is 6.01 Å². The number of hydrogen-bond acceptors (Lipinski definition) is 5. The number of hydrogen-bond donors (Lipinski definition) is 1. The van der Waals surface area contributed by atoms with E-state index in [1.807, 2.05) is 0 Å². The molecule has 1 aromatic rings. The molecule has 1 fully saturated rings. The molecular weight excluding hydrogens is 170 g/mol. The second-order valence-electron chi connectivity index (χ2n) is 3.34. The molecule has 1 aromatic heterocycles. The van der Waals surface area contributed by atoms with Crippen molar-refractivity contribution in [1.29, 1.82) is 0 Å². The molecule has 0 saturated carbocycles. The minimum absolute atomic E-state index is 0.145. The van der Waals surface area contributed by atoms with Crippen LogP contribution in [0.15, 0.2) is 4.52 Å². The van der Waals surface area contributed by atoms with Gasteiger partial charge in [-0.05, 0) is 18.8 Å². The van der Waals surface area contributed by atoms with Crippen LogP contribution in [0.3, 0.4) is 0 Å². The maximum absolute atomic E-state index is 5.34. The second kappa shape index (κ2) is 3.74. The topological polar surface area (TPSA) is 74.2 Å². The highest BCUT2D eigenvalue weighted by molar-refractivity contribution is 5.07. The van der Waals surface area contributed by atoms with Crippen molar-refractivity contribution in [2.75, 3.05) is 18.9 Å². The van der Waals surface area contributed by atoms with Gasteiger partial charge in [-0.25, -0.2) is 0 Å². The number of ether oxygens (including phenoxy) is 1. The fourth-order valence-electron chi connectivity index (χ4n) is 1.58. The highest BCUT2D eigenvalue weighted by Gasteiger charge is 2.16. The van der Waals surface area contributed by atoms with Crippen molar-refractivity contribution in [2.24, 2.45) is 5.92 Å². The quantitative estimate of drug-likeness (QED) is 0.727. The van der Waals surface area contributed by atoms with E-state index in [4.69, 9.17) is 10.5 Å². The number of nitrogens with two attached hydrogens (primary N) is 1. The maximum Gasteiger partial charge on any atom is 0.318 e. The predicted octanol–water partition coefficient (Wildman–Crippen LogP) is 0.621. The molecule has 2 heterocycles. The lowest BCUT2D eigenvalue weighted by atomic mass is 9.98. The van der Waals surface area contributed by atoms with Gasteiger partial charge in [0.2, 0.25) is 0 Å². The molecule has 0 aliphatic carbocycles. The van der Waals surface area contributed by atoms with Gasteiger partial charge in [0, 0.05) is 19.6 Å². The zero-order chi connectivity index (χ0) is 9.10. The highest BCUT2D eigenvalue weighted by Crippen LogP contribution is 2.17. The first-order valence-corrected chi connectivity index (χ1v) is 4.50. The van der Waals surface area contributed by atoms with Gasteiger partial charge < -0.3 is 15.0 Å². The molecule has 5 heteroatoms.